The maximum absolute atomic E-state index is 12.0. The van der Waals surface area contributed by atoms with Crippen LogP contribution in [0.15, 0.2) is 0 Å². The van der Waals surface area contributed by atoms with Crippen LogP contribution in [0.3, 0.4) is 0 Å². The fraction of sp³-hybridized carbons (Fsp3) is 0.750. The normalized spacial score (nSPS) is 13.5. The lowest BCUT2D eigenvalue weighted by Crippen LogP contribution is -2.29. The molecule has 0 aliphatic heterocycles. The number of esters is 1. The summed E-state index contributed by atoms with van der Waals surface area (Å²) in [5, 5.41) is 0. The van der Waals surface area contributed by atoms with Crippen LogP contribution in [0.4, 0.5) is 13.2 Å². The van der Waals surface area contributed by atoms with Gasteiger partial charge in [0.1, 0.15) is 12.3 Å². The second-order valence-electron chi connectivity index (χ2n) is 2.71. The molecular formula is C8H11F3O3. The Morgan fingerprint density at radius 2 is 1.86 bits per heavy atom. The van der Waals surface area contributed by atoms with Gasteiger partial charge in [-0.25, -0.2) is 0 Å². The van der Waals surface area contributed by atoms with E-state index in [9.17, 15) is 22.8 Å². The number of alkyl halides is 3. The molecule has 0 radical (unpaired) electrons. The van der Waals surface area contributed by atoms with Gasteiger partial charge in [0.05, 0.1) is 6.61 Å². The number of ether oxygens (including phenoxy) is 1. The van der Waals surface area contributed by atoms with Crippen molar-refractivity contribution in [2.45, 2.75) is 26.4 Å². The SMILES string of the molecule is CCOC(=O)CC(=O)C(C)C(F)(F)F. The van der Waals surface area contributed by atoms with Gasteiger partial charge >= 0.3 is 12.1 Å². The summed E-state index contributed by atoms with van der Waals surface area (Å²) >= 11 is 0. The first-order chi connectivity index (χ1) is 6.29. The van der Waals surface area contributed by atoms with Gasteiger partial charge in [0.25, 0.3) is 0 Å². The second-order valence-corrected chi connectivity index (χ2v) is 2.71. The quantitative estimate of drug-likeness (QED) is 0.526. The van der Waals surface area contributed by atoms with Crippen molar-refractivity contribution in [3.8, 4) is 0 Å². The standard InChI is InChI=1S/C8H11F3O3/c1-3-14-7(13)4-6(12)5(2)8(9,10)11/h5H,3-4H2,1-2H3. The summed E-state index contributed by atoms with van der Waals surface area (Å²) in [5.74, 6) is -4.21. The van der Waals surface area contributed by atoms with Crippen molar-refractivity contribution in [2.75, 3.05) is 6.61 Å². The molecule has 1 atom stereocenters. The molecule has 82 valence electrons. The summed E-state index contributed by atoms with van der Waals surface area (Å²) in [5.41, 5.74) is 0. The number of halogens is 3. The van der Waals surface area contributed by atoms with E-state index in [1.54, 1.807) is 0 Å². The predicted octanol–water partition coefficient (Wildman–Crippen LogP) is 1.71. The molecule has 0 saturated carbocycles. The number of carbonyl (C=O) groups excluding carboxylic acids is 2. The Labute approximate surface area is 79.2 Å². The molecule has 0 bridgehead atoms. The van der Waals surface area contributed by atoms with E-state index in [1.807, 2.05) is 0 Å². The number of hydrogen-bond acceptors (Lipinski definition) is 3. The average Bonchev–Trinajstić information content (AvgIpc) is 2.01. The summed E-state index contributed by atoms with van der Waals surface area (Å²) in [4.78, 5) is 21.5. The van der Waals surface area contributed by atoms with Crippen LogP contribution in [0.5, 0.6) is 0 Å². The summed E-state index contributed by atoms with van der Waals surface area (Å²) in [6.45, 7) is 2.28. The molecule has 0 amide bonds. The van der Waals surface area contributed by atoms with Crippen molar-refractivity contribution in [1.29, 1.82) is 0 Å². The molecule has 1 unspecified atom stereocenters. The van der Waals surface area contributed by atoms with Gasteiger partial charge in [0.15, 0.2) is 5.78 Å². The zero-order valence-electron chi connectivity index (χ0n) is 7.85. The van der Waals surface area contributed by atoms with Crippen molar-refractivity contribution < 1.29 is 27.5 Å². The fourth-order valence-electron chi connectivity index (χ4n) is 0.690. The molecule has 0 aliphatic carbocycles. The van der Waals surface area contributed by atoms with Crippen LogP contribution < -0.4 is 0 Å². The van der Waals surface area contributed by atoms with Gasteiger partial charge in [-0.05, 0) is 13.8 Å². The minimum atomic E-state index is -4.59. The maximum Gasteiger partial charge on any atom is 0.398 e. The van der Waals surface area contributed by atoms with E-state index in [0.29, 0.717) is 0 Å². The van der Waals surface area contributed by atoms with E-state index < -0.39 is 30.3 Å². The highest BCUT2D eigenvalue weighted by Crippen LogP contribution is 2.27. The Morgan fingerprint density at radius 1 is 1.36 bits per heavy atom. The van der Waals surface area contributed by atoms with Crippen molar-refractivity contribution in [1.82, 2.24) is 0 Å². The lowest BCUT2D eigenvalue weighted by atomic mass is 10.0. The lowest BCUT2D eigenvalue weighted by Gasteiger charge is -2.13. The summed E-state index contributed by atoms with van der Waals surface area (Å²) in [6.07, 6.45) is -5.42. The first-order valence-electron chi connectivity index (χ1n) is 4.04. The van der Waals surface area contributed by atoms with Gasteiger partial charge < -0.3 is 4.74 Å². The van der Waals surface area contributed by atoms with Gasteiger partial charge in [-0.1, -0.05) is 0 Å². The van der Waals surface area contributed by atoms with Crippen LogP contribution in [-0.2, 0) is 14.3 Å². The van der Waals surface area contributed by atoms with E-state index in [1.165, 1.54) is 6.92 Å². The maximum atomic E-state index is 12.0. The molecule has 0 saturated heterocycles. The van der Waals surface area contributed by atoms with Crippen LogP contribution in [0.2, 0.25) is 0 Å². The molecule has 0 rings (SSSR count). The number of hydrogen-bond donors (Lipinski definition) is 0. The average molecular weight is 212 g/mol. The molecule has 0 aromatic carbocycles. The molecule has 0 heterocycles. The van der Waals surface area contributed by atoms with Gasteiger partial charge in [-0.15, -0.1) is 0 Å². The fourth-order valence-corrected chi connectivity index (χ4v) is 0.690. The number of ketones is 1. The third kappa shape index (κ3) is 4.25. The monoisotopic (exact) mass is 212 g/mol. The van der Waals surface area contributed by atoms with Gasteiger partial charge in [0.2, 0.25) is 0 Å². The summed E-state index contributed by atoms with van der Waals surface area (Å²) in [7, 11) is 0. The molecule has 0 N–H and O–H groups in total. The number of rotatable bonds is 4. The van der Waals surface area contributed by atoms with Gasteiger partial charge in [-0.2, -0.15) is 13.2 Å². The Morgan fingerprint density at radius 3 is 2.21 bits per heavy atom. The molecular weight excluding hydrogens is 201 g/mol. The van der Waals surface area contributed by atoms with Gasteiger partial charge in [0, 0.05) is 0 Å². The second kappa shape index (κ2) is 4.97. The predicted molar refractivity (Wildman–Crippen MR) is 41.5 cm³/mol. The van der Waals surface area contributed by atoms with Crippen LogP contribution in [0.25, 0.3) is 0 Å². The zero-order chi connectivity index (χ0) is 11.4. The van der Waals surface area contributed by atoms with Crippen LogP contribution in [-0.4, -0.2) is 24.5 Å². The van der Waals surface area contributed by atoms with E-state index in [0.717, 1.165) is 6.92 Å². The zero-order valence-corrected chi connectivity index (χ0v) is 7.85. The Balaban J connectivity index is 4.15. The Kier molecular flexibility index (Phi) is 4.59. The Hall–Kier alpha value is -1.07. The number of Topliss-reactive ketones (excluding diaryl/α,β-unsaturated/α-hetero) is 1. The molecule has 3 nitrogen and oxygen atoms in total. The third-order valence-electron chi connectivity index (χ3n) is 1.60. The van der Waals surface area contributed by atoms with Crippen LogP contribution >= 0.6 is 0 Å². The van der Waals surface area contributed by atoms with E-state index in [-0.39, 0.29) is 6.61 Å². The molecule has 0 fully saturated rings. The summed E-state index contributed by atoms with van der Waals surface area (Å²) in [6, 6.07) is 0. The molecule has 0 aliphatic rings. The number of carbonyl (C=O) groups is 2. The highest BCUT2D eigenvalue weighted by Gasteiger charge is 2.41. The molecule has 0 aromatic heterocycles. The Bertz CT molecular complexity index is 222. The van der Waals surface area contributed by atoms with Gasteiger partial charge in [-0.3, -0.25) is 9.59 Å². The highest BCUT2D eigenvalue weighted by atomic mass is 19.4. The lowest BCUT2D eigenvalue weighted by molar-refractivity contribution is -0.178. The minimum Gasteiger partial charge on any atom is -0.466 e. The van der Waals surface area contributed by atoms with E-state index >= 15 is 0 Å². The highest BCUT2D eigenvalue weighted by molar-refractivity contribution is 5.96. The van der Waals surface area contributed by atoms with Crippen LogP contribution in [0.1, 0.15) is 20.3 Å². The van der Waals surface area contributed by atoms with E-state index in [2.05, 4.69) is 4.74 Å². The minimum absolute atomic E-state index is 0.0481. The first kappa shape index (κ1) is 12.9. The smallest absolute Gasteiger partial charge is 0.398 e. The molecule has 0 spiro atoms. The van der Waals surface area contributed by atoms with Crippen molar-refractivity contribution >= 4 is 11.8 Å². The van der Waals surface area contributed by atoms with E-state index in [4.69, 9.17) is 0 Å². The molecule has 14 heavy (non-hydrogen) atoms. The molecule has 6 heteroatoms. The van der Waals surface area contributed by atoms with Crippen molar-refractivity contribution in [3.63, 3.8) is 0 Å². The van der Waals surface area contributed by atoms with Crippen molar-refractivity contribution in [3.05, 3.63) is 0 Å². The molecule has 0 aromatic rings. The van der Waals surface area contributed by atoms with Crippen LogP contribution in [0, 0.1) is 5.92 Å². The largest absolute Gasteiger partial charge is 0.466 e. The first-order valence-corrected chi connectivity index (χ1v) is 4.04. The summed E-state index contributed by atoms with van der Waals surface area (Å²) < 4.78 is 40.2. The van der Waals surface area contributed by atoms with Crippen molar-refractivity contribution in [2.24, 2.45) is 5.92 Å². The third-order valence-corrected chi connectivity index (χ3v) is 1.60. The topological polar surface area (TPSA) is 43.4 Å².